The van der Waals surface area contributed by atoms with E-state index in [1.807, 2.05) is 143 Å². The van der Waals surface area contributed by atoms with Crippen LogP contribution in [-0.2, 0) is 103 Å². The zero-order chi connectivity index (χ0) is 108. The molecular weight excluding hydrogens is 2170 g/mol. The average Bonchev–Trinajstić information content (AvgIpc) is 1.54. The van der Waals surface area contributed by atoms with Crippen LogP contribution >= 0.6 is 63.7 Å². The van der Waals surface area contributed by atoms with E-state index in [-0.39, 0.29) is 124 Å². The molecule has 8 aliphatic rings. The summed E-state index contributed by atoms with van der Waals surface area (Å²) in [6, 6.07) is 24.2. The molecule has 0 radical (unpaired) electrons. The molecule has 4 saturated heterocycles. The number of nitrogens with zero attached hydrogens (tertiary/aromatic N) is 18. The number of aryl methyl sites for hydroxylation is 2. The van der Waals surface area contributed by atoms with Crippen molar-refractivity contribution in [2.45, 2.75) is 226 Å². The van der Waals surface area contributed by atoms with Gasteiger partial charge in [-0.15, -0.1) is 0 Å². The molecule has 796 valence electrons. The number of likely N-dealkylation sites (tertiary alicyclic amines) is 3. The Kier molecular flexibility index (Phi) is 35.6. The van der Waals surface area contributed by atoms with Gasteiger partial charge in [-0.3, -0.25) is 57.5 Å². The molecule has 2 aromatic carbocycles. The molecule has 0 spiro atoms. The zero-order valence-corrected chi connectivity index (χ0v) is 93.9. The lowest BCUT2D eigenvalue weighted by Gasteiger charge is -2.30. The number of piperidine rings is 4. The fourth-order valence-corrected chi connectivity index (χ4v) is 22.2. The average molecular weight is 2310 g/mol. The number of ether oxygens (including phenoxy) is 6. The molecular formula is C105H131Br4N23O17. The van der Waals surface area contributed by atoms with Crippen molar-refractivity contribution in [2.24, 2.45) is 27.4 Å². The number of carbonyl (C=O) groups is 10. The second kappa shape index (κ2) is 46.8. The Hall–Kier alpha value is -11.4. The van der Waals surface area contributed by atoms with E-state index in [0.717, 1.165) is 89.8 Å². The van der Waals surface area contributed by atoms with E-state index in [9.17, 15) is 47.9 Å². The minimum atomic E-state index is -1.01. The number of nitrogens with two attached hydrogens (primary N) is 1. The summed E-state index contributed by atoms with van der Waals surface area (Å²) < 4.78 is 37.5. The second-order valence-electron chi connectivity index (χ2n) is 42.5. The number of fused-ring (bicyclic) bond motifs is 6. The number of hydrogen-bond acceptors (Lipinski definition) is 31. The molecule has 0 unspecified atom stereocenters. The Labute approximate surface area is 899 Å². The molecule has 7 N–H and O–H groups in total. The fraction of sp³-hybridized carbons (Fsp3) is 0.505. The third-order valence-electron chi connectivity index (χ3n) is 27.6. The standard InChI is InChI=1S/C32H35BrN8O4.C21H31BrN4O4.C20H28BrN3O4.C16H23BrN4O2.C16H14N4O3/c1-18(42)29-23-10-20(22-13-34-19(2)35-14-22)6-8-24(23)40(38-29)15-28(43)41-25(11-32(12-26(32)41)17-39(3)4)31(44)37-30-21(16-45-5)7-9-27(33)36-30;1-20(2,3)30-19(28)26-14(9-21(10-15(21)26)12-25(4)5)18(27)24-17-13(11-29-6)7-8-16(22)23-17;1-19(2,3)28-18(26)24-14(8-20(11-22)9-16(20)24)15(25)7-13-12(10-27-4)5-6-17(21)23-13;1-21(2)9-16-6-11(18-12(16)7-16)15(22)20-14-10(8-23-3)4-5-13(17)19-14;1-9(21)16-13-5-11(12-6-17-10(2)18-7-12)3-4-14(13)20(19-16)8-15(22)23/h6-10,13-14,25-26H,11-12,15-17H2,1-5H3,(H,36,37,44);7-8,14-15H,9-12H2,1-6H3,(H,23,24,27);5-6,14,16H,7-11,22H2,1-4H3;4-5,11-12,18H,6-9H2,1-3H3,(H,19,20,22);3-7H,8H2,1-2H3,(H,22,23)/t25-,26+,32-;14-,15+,21-;14-,16+,20-;11-,12+,16-;/m0000./s1. The van der Waals surface area contributed by atoms with Gasteiger partial charge in [0.2, 0.25) is 23.6 Å². The van der Waals surface area contributed by atoms with Gasteiger partial charge in [-0.05, 0) is 278 Å². The Balaban J connectivity index is 0.000000151. The monoisotopic (exact) mass is 2300 g/mol. The van der Waals surface area contributed by atoms with Gasteiger partial charge < -0.3 is 80.1 Å². The van der Waals surface area contributed by atoms with Gasteiger partial charge in [0.25, 0.3) is 0 Å². The summed E-state index contributed by atoms with van der Waals surface area (Å²) in [6.45, 7) is 21.5. The van der Waals surface area contributed by atoms with E-state index < -0.39 is 47.5 Å². The largest absolute Gasteiger partial charge is 0.480 e. The third-order valence-corrected chi connectivity index (χ3v) is 29.4. The third kappa shape index (κ3) is 27.0. The van der Waals surface area contributed by atoms with Gasteiger partial charge in [0.05, 0.1) is 61.7 Å². The minimum Gasteiger partial charge on any atom is -0.480 e. The quantitative estimate of drug-likeness (QED) is 0.0168. The molecule has 40 nitrogen and oxygen atoms in total. The Morgan fingerprint density at radius 3 is 1.23 bits per heavy atom. The van der Waals surface area contributed by atoms with Crippen LogP contribution in [0.15, 0.2) is 128 Å². The van der Waals surface area contributed by atoms with Crippen molar-refractivity contribution in [1.82, 2.24) is 94.1 Å². The number of rotatable bonds is 32. The molecule has 4 aliphatic heterocycles. The number of ketones is 3. The van der Waals surface area contributed by atoms with Crippen LogP contribution < -0.4 is 27.0 Å². The number of nitrogens with one attached hydrogen (secondary N) is 4. The highest BCUT2D eigenvalue weighted by molar-refractivity contribution is 9.11. The first-order chi connectivity index (χ1) is 70.4. The lowest BCUT2D eigenvalue weighted by Crippen LogP contribution is -2.47. The van der Waals surface area contributed by atoms with E-state index in [4.69, 9.17) is 39.3 Å². The van der Waals surface area contributed by atoms with Gasteiger partial charge in [0.1, 0.15) is 95.3 Å². The van der Waals surface area contributed by atoms with Gasteiger partial charge in [-0.25, -0.2) is 49.5 Å². The molecule has 12 heterocycles. The summed E-state index contributed by atoms with van der Waals surface area (Å²) in [5, 5.41) is 31.2. The number of halogens is 4. The number of benzene rings is 2. The van der Waals surface area contributed by atoms with Gasteiger partial charge >= 0.3 is 18.2 Å². The first-order valence-electron chi connectivity index (χ1n) is 49.0. The lowest BCUT2D eigenvalue weighted by atomic mass is 9.95. The molecule has 44 heteroatoms. The normalized spacial score (nSPS) is 22.3. The van der Waals surface area contributed by atoms with Crippen LogP contribution in [-0.4, -0.2) is 310 Å². The lowest BCUT2D eigenvalue weighted by molar-refractivity contribution is -0.138. The van der Waals surface area contributed by atoms with Crippen molar-refractivity contribution in [1.29, 1.82) is 0 Å². The van der Waals surface area contributed by atoms with Gasteiger partial charge in [-0.1, -0.05) is 36.4 Å². The Morgan fingerprint density at radius 1 is 0.456 bits per heavy atom. The summed E-state index contributed by atoms with van der Waals surface area (Å²) in [6.07, 6.45) is 12.5. The van der Waals surface area contributed by atoms with Crippen LogP contribution in [0, 0.1) is 35.5 Å². The summed E-state index contributed by atoms with van der Waals surface area (Å²) in [7, 11) is 18.6. The molecule has 4 aliphatic carbocycles. The Bertz CT molecular complexity index is 6700. The van der Waals surface area contributed by atoms with E-state index >= 15 is 0 Å². The number of carboxylic acid groups (broad SMARTS) is 1. The minimum absolute atomic E-state index is 0.0133. The van der Waals surface area contributed by atoms with Crippen molar-refractivity contribution in [3.05, 3.63) is 179 Å². The van der Waals surface area contributed by atoms with Crippen molar-refractivity contribution in [3.8, 4) is 22.3 Å². The van der Waals surface area contributed by atoms with Gasteiger partial charge in [0.15, 0.2) is 17.3 Å². The molecule has 4 saturated carbocycles. The SMILES string of the molecule is CC(=O)c1nn(CC(=O)O)c2ccc(-c3cnc(C)nc3)cc12.COCc1ccc(Br)nc1CC(=O)[C@@H]1C[C@@]2(CN)C[C@H]2N1C(=O)OC(C)(C)C.COCc1ccc(Br)nc1NC(=O)[C@@H]1C[C@@]2(CN(C)C)C[C@H]2N1.COCc1ccc(Br)nc1NC(=O)[C@@H]1C[C@@]2(CN(C)C)C[C@H]2N1C(=O)Cn1nc(C(C)=O)c2cc(-c3cnc(C)nc3)ccc21.COCc1ccc(Br)nc1NC(=O)[C@@H]1C[C@@]2(CN(C)C)C[C@H]2N1C(=O)OC(C)(C)C. The van der Waals surface area contributed by atoms with Crippen LogP contribution in [0.1, 0.15) is 167 Å². The van der Waals surface area contributed by atoms with Gasteiger partial charge in [0, 0.05) is 178 Å². The summed E-state index contributed by atoms with van der Waals surface area (Å²) >= 11 is 13.4. The van der Waals surface area contributed by atoms with Crippen molar-refractivity contribution in [3.63, 3.8) is 0 Å². The molecule has 8 aromatic heterocycles. The number of aliphatic carboxylic acids is 1. The highest BCUT2D eigenvalue weighted by Gasteiger charge is 2.70. The van der Waals surface area contributed by atoms with Crippen LogP contribution in [0.25, 0.3) is 44.1 Å². The van der Waals surface area contributed by atoms with Gasteiger partial charge in [-0.2, -0.15) is 10.2 Å². The molecule has 149 heavy (non-hydrogen) atoms. The number of pyridine rings is 4. The first-order valence-corrected chi connectivity index (χ1v) is 52.2. The molecule has 0 bridgehead atoms. The zero-order valence-electron chi connectivity index (χ0n) is 87.6. The Morgan fingerprint density at radius 2 is 0.826 bits per heavy atom. The number of carbonyl (C=O) groups excluding carboxylic acids is 9. The van der Waals surface area contributed by atoms with E-state index in [0.29, 0.717) is 127 Å². The fourth-order valence-electron chi connectivity index (χ4n) is 21.0. The molecule has 18 rings (SSSR count). The predicted octanol–water partition coefficient (Wildman–Crippen LogP) is 13.7. The summed E-state index contributed by atoms with van der Waals surface area (Å²) in [5.74, 6) is 0.458. The van der Waals surface area contributed by atoms with E-state index in [1.54, 1.807) is 97.7 Å². The molecule has 6 amide bonds. The molecule has 10 aromatic rings. The van der Waals surface area contributed by atoms with E-state index in [2.05, 4.69) is 164 Å². The highest BCUT2D eigenvalue weighted by Crippen LogP contribution is 2.63. The van der Waals surface area contributed by atoms with Crippen LogP contribution in [0.3, 0.4) is 0 Å². The number of Topliss-reactive ketones (excluding diaryl/α,β-unsaturated/α-hetero) is 3. The van der Waals surface area contributed by atoms with Crippen LogP contribution in [0.4, 0.5) is 27.0 Å². The van der Waals surface area contributed by atoms with Crippen molar-refractivity contribution >= 4 is 162 Å². The maximum atomic E-state index is 14.1. The number of amides is 6. The summed E-state index contributed by atoms with van der Waals surface area (Å²) in [4.78, 5) is 174. The topological polar surface area (TPSA) is 479 Å². The number of carboxylic acids is 1. The maximum absolute atomic E-state index is 14.1. The second-order valence-corrected chi connectivity index (χ2v) is 45.7. The van der Waals surface area contributed by atoms with Crippen molar-refractivity contribution < 1.29 is 81.5 Å². The summed E-state index contributed by atoms with van der Waals surface area (Å²) in [5.41, 5.74) is 13.6. The van der Waals surface area contributed by atoms with E-state index in [1.165, 1.54) is 25.0 Å². The van der Waals surface area contributed by atoms with Crippen LogP contribution in [0.5, 0.6) is 0 Å². The number of methoxy groups -OCH3 is 4. The van der Waals surface area contributed by atoms with Crippen LogP contribution in [0.2, 0.25) is 0 Å². The molecule has 12 atom stereocenters. The maximum Gasteiger partial charge on any atom is 0.411 e. The number of anilines is 3. The number of hydrogen-bond donors (Lipinski definition) is 6. The predicted molar refractivity (Wildman–Crippen MR) is 572 cm³/mol. The molecule has 8 fully saturated rings. The van der Waals surface area contributed by atoms with Crippen molar-refractivity contribution in [2.75, 3.05) is 113 Å². The first kappa shape index (κ1) is 113. The smallest absolute Gasteiger partial charge is 0.411 e. The number of aromatic nitrogens is 12. The highest BCUT2D eigenvalue weighted by atomic mass is 79.9.